The van der Waals surface area contributed by atoms with Crippen molar-refractivity contribution in [2.45, 2.75) is 44.8 Å². The zero-order valence-corrected chi connectivity index (χ0v) is 20.1. The number of Topliss-reactive ketones (excluding diaryl/α,β-unsaturated/α-hetero) is 1. The average Bonchev–Trinajstić information content (AvgIpc) is 3.57. The van der Waals surface area contributed by atoms with E-state index in [2.05, 4.69) is 10.3 Å². The second-order valence-electron chi connectivity index (χ2n) is 9.01. The predicted molar refractivity (Wildman–Crippen MR) is 123 cm³/mol. The molecule has 2 aliphatic heterocycles. The van der Waals surface area contributed by atoms with E-state index in [4.69, 9.17) is 4.42 Å². The fraction of sp³-hybridized carbons (Fsp3) is 0.435. The SMILES string of the molecule is CC(C)CC(NC(=O)c1ccco1)C(=O)N1CCC2C1C(=O)CN2S(=O)(=O)C(=O)c1cccnc1. The normalized spacial score (nSPS) is 21.2. The maximum atomic E-state index is 13.5. The summed E-state index contributed by atoms with van der Waals surface area (Å²) in [6, 6.07) is 3.01. The number of sulfonamides is 1. The van der Waals surface area contributed by atoms with Gasteiger partial charge in [-0.1, -0.05) is 13.8 Å². The molecule has 0 aliphatic carbocycles. The molecule has 3 unspecified atom stereocenters. The van der Waals surface area contributed by atoms with Crippen LogP contribution in [0.2, 0.25) is 0 Å². The maximum absolute atomic E-state index is 13.5. The minimum atomic E-state index is -4.50. The van der Waals surface area contributed by atoms with Gasteiger partial charge in [-0.15, -0.1) is 0 Å². The predicted octanol–water partition coefficient (Wildman–Crippen LogP) is 0.844. The molecule has 0 saturated carbocycles. The lowest BCUT2D eigenvalue weighted by Gasteiger charge is -2.28. The summed E-state index contributed by atoms with van der Waals surface area (Å²) in [7, 11) is -4.50. The third kappa shape index (κ3) is 4.76. The summed E-state index contributed by atoms with van der Waals surface area (Å²) < 4.78 is 32.2. The van der Waals surface area contributed by atoms with Crippen LogP contribution >= 0.6 is 0 Å². The van der Waals surface area contributed by atoms with Crippen molar-refractivity contribution in [3.63, 3.8) is 0 Å². The largest absolute Gasteiger partial charge is 0.459 e. The van der Waals surface area contributed by atoms with Crippen molar-refractivity contribution in [2.24, 2.45) is 5.92 Å². The molecule has 0 radical (unpaired) electrons. The van der Waals surface area contributed by atoms with Gasteiger partial charge in [-0.3, -0.25) is 24.2 Å². The van der Waals surface area contributed by atoms with E-state index in [-0.39, 0.29) is 30.2 Å². The Hall–Kier alpha value is -3.38. The Kier molecular flexibility index (Phi) is 6.86. The average molecular weight is 503 g/mol. The van der Waals surface area contributed by atoms with E-state index in [0.29, 0.717) is 6.42 Å². The minimum absolute atomic E-state index is 0.0486. The molecule has 3 atom stereocenters. The van der Waals surface area contributed by atoms with Gasteiger partial charge in [-0.25, -0.2) is 8.42 Å². The van der Waals surface area contributed by atoms with Crippen LogP contribution in [0.15, 0.2) is 47.3 Å². The third-order valence-electron chi connectivity index (χ3n) is 6.16. The van der Waals surface area contributed by atoms with Gasteiger partial charge >= 0.3 is 0 Å². The van der Waals surface area contributed by atoms with Gasteiger partial charge in [0, 0.05) is 18.9 Å². The zero-order chi connectivity index (χ0) is 25.3. The highest BCUT2D eigenvalue weighted by Crippen LogP contribution is 2.33. The van der Waals surface area contributed by atoms with Crippen LogP contribution in [-0.4, -0.2) is 76.5 Å². The quantitative estimate of drug-likeness (QED) is 0.586. The van der Waals surface area contributed by atoms with Gasteiger partial charge in [0.25, 0.3) is 21.0 Å². The Labute approximate surface area is 202 Å². The summed E-state index contributed by atoms with van der Waals surface area (Å²) in [5, 5.41) is 1.53. The Morgan fingerprint density at radius 1 is 1.23 bits per heavy atom. The van der Waals surface area contributed by atoms with Crippen LogP contribution in [0.4, 0.5) is 0 Å². The molecule has 0 bridgehead atoms. The molecule has 2 aromatic rings. The molecule has 4 rings (SSSR count). The first kappa shape index (κ1) is 24.7. The van der Waals surface area contributed by atoms with E-state index in [1.165, 1.54) is 35.6 Å². The number of aromatic nitrogens is 1. The highest BCUT2D eigenvalue weighted by Gasteiger charge is 2.55. The first-order chi connectivity index (χ1) is 16.6. The molecule has 4 heterocycles. The Morgan fingerprint density at radius 3 is 2.63 bits per heavy atom. The standard InChI is InChI=1S/C23H26N4O7S/c1-14(2)11-16(25-21(29)19-6-4-10-34-19)22(30)26-9-7-17-20(26)18(28)13-27(17)35(32,33)23(31)15-5-3-8-24-12-15/h3-6,8,10,12,14,16-17,20H,7,9,11,13H2,1-2H3,(H,25,29). The van der Waals surface area contributed by atoms with E-state index in [1.54, 1.807) is 6.07 Å². The van der Waals surface area contributed by atoms with Gasteiger partial charge in [0.1, 0.15) is 12.1 Å². The summed E-state index contributed by atoms with van der Waals surface area (Å²) in [5.74, 6) is -1.41. The summed E-state index contributed by atoms with van der Waals surface area (Å²) >= 11 is 0. The second kappa shape index (κ2) is 9.70. The number of nitrogens with zero attached hydrogens (tertiary/aromatic N) is 3. The molecule has 35 heavy (non-hydrogen) atoms. The number of ketones is 1. The van der Waals surface area contributed by atoms with Crippen LogP contribution < -0.4 is 5.32 Å². The number of carbonyl (C=O) groups is 4. The molecule has 12 heteroatoms. The van der Waals surface area contributed by atoms with Crippen molar-refractivity contribution in [1.82, 2.24) is 19.5 Å². The lowest BCUT2D eigenvalue weighted by Crippen LogP contribution is -2.53. The van der Waals surface area contributed by atoms with Crippen molar-refractivity contribution in [2.75, 3.05) is 13.1 Å². The highest BCUT2D eigenvalue weighted by molar-refractivity contribution is 8.04. The molecule has 186 valence electrons. The highest BCUT2D eigenvalue weighted by atomic mass is 32.2. The van der Waals surface area contributed by atoms with Crippen molar-refractivity contribution < 1.29 is 32.0 Å². The number of carbonyl (C=O) groups excluding carboxylic acids is 4. The van der Waals surface area contributed by atoms with Gasteiger partial charge in [0.2, 0.25) is 5.91 Å². The molecule has 11 nitrogen and oxygen atoms in total. The maximum Gasteiger partial charge on any atom is 0.293 e. The van der Waals surface area contributed by atoms with E-state index < -0.39 is 57.4 Å². The molecular weight excluding hydrogens is 476 g/mol. The fourth-order valence-corrected chi connectivity index (χ4v) is 6.12. The smallest absolute Gasteiger partial charge is 0.293 e. The van der Waals surface area contributed by atoms with Crippen LogP contribution in [0.3, 0.4) is 0 Å². The molecule has 0 aromatic carbocycles. The van der Waals surface area contributed by atoms with Crippen LogP contribution in [0.1, 0.15) is 47.6 Å². The molecule has 2 aromatic heterocycles. The van der Waals surface area contributed by atoms with Crippen LogP contribution in [0.5, 0.6) is 0 Å². The molecule has 2 fully saturated rings. The van der Waals surface area contributed by atoms with Gasteiger partial charge in [0.15, 0.2) is 11.5 Å². The molecule has 2 amide bonds. The van der Waals surface area contributed by atoms with E-state index >= 15 is 0 Å². The minimum Gasteiger partial charge on any atom is -0.459 e. The van der Waals surface area contributed by atoms with Crippen molar-refractivity contribution >= 4 is 32.7 Å². The Balaban J connectivity index is 1.54. The summed E-state index contributed by atoms with van der Waals surface area (Å²) in [6.45, 7) is 3.41. The number of likely N-dealkylation sites (tertiary alicyclic amines) is 1. The number of furan rings is 1. The number of fused-ring (bicyclic) bond motifs is 1. The summed E-state index contributed by atoms with van der Waals surface area (Å²) in [4.78, 5) is 56.7. The van der Waals surface area contributed by atoms with Gasteiger partial charge in [0.05, 0.1) is 24.4 Å². The number of pyridine rings is 1. The van der Waals surface area contributed by atoms with Gasteiger partial charge in [-0.2, -0.15) is 4.31 Å². The monoisotopic (exact) mass is 502 g/mol. The number of hydrogen-bond donors (Lipinski definition) is 1. The number of rotatable bonds is 7. The van der Waals surface area contributed by atoms with E-state index in [0.717, 1.165) is 10.5 Å². The van der Waals surface area contributed by atoms with Crippen LogP contribution in [0, 0.1) is 5.92 Å². The first-order valence-electron chi connectivity index (χ1n) is 11.2. The molecule has 2 aliphatic rings. The van der Waals surface area contributed by atoms with Crippen molar-refractivity contribution in [3.05, 3.63) is 54.2 Å². The number of nitrogens with one attached hydrogen (secondary N) is 1. The summed E-state index contributed by atoms with van der Waals surface area (Å²) in [5.41, 5.74) is -0.105. The lowest BCUT2D eigenvalue weighted by atomic mass is 10.0. The molecule has 2 saturated heterocycles. The van der Waals surface area contributed by atoms with Gasteiger partial charge in [-0.05, 0) is 43.0 Å². The van der Waals surface area contributed by atoms with Gasteiger partial charge < -0.3 is 14.6 Å². The van der Waals surface area contributed by atoms with E-state index in [1.807, 2.05) is 13.8 Å². The Bertz CT molecular complexity index is 1230. The molecular formula is C23H26N4O7S. The Morgan fingerprint density at radius 2 is 2.00 bits per heavy atom. The topological polar surface area (TPSA) is 147 Å². The lowest BCUT2D eigenvalue weighted by molar-refractivity contribution is -0.138. The van der Waals surface area contributed by atoms with Crippen molar-refractivity contribution in [1.29, 1.82) is 0 Å². The molecule has 1 N–H and O–H groups in total. The number of hydrogen-bond acceptors (Lipinski definition) is 8. The van der Waals surface area contributed by atoms with Crippen LogP contribution in [-0.2, 0) is 19.6 Å². The molecule has 0 spiro atoms. The zero-order valence-electron chi connectivity index (χ0n) is 19.3. The van der Waals surface area contributed by atoms with Crippen molar-refractivity contribution in [3.8, 4) is 0 Å². The number of amides is 2. The van der Waals surface area contributed by atoms with Crippen LogP contribution in [0.25, 0.3) is 0 Å². The first-order valence-corrected chi connectivity index (χ1v) is 12.7. The second-order valence-corrected chi connectivity index (χ2v) is 10.8. The third-order valence-corrected chi connectivity index (χ3v) is 7.88. The van der Waals surface area contributed by atoms with E-state index in [9.17, 15) is 27.6 Å². The summed E-state index contributed by atoms with van der Waals surface area (Å²) in [6.07, 6.45) is 4.42. The fourth-order valence-electron chi connectivity index (χ4n) is 4.61.